The van der Waals surface area contributed by atoms with Crippen molar-refractivity contribution in [3.05, 3.63) is 53.7 Å². The summed E-state index contributed by atoms with van der Waals surface area (Å²) in [6, 6.07) is 8.94. The van der Waals surface area contributed by atoms with E-state index in [1.165, 1.54) is 6.07 Å². The highest BCUT2D eigenvalue weighted by Gasteiger charge is 2.28. The Morgan fingerprint density at radius 3 is 2.48 bits per heavy atom. The first-order valence-corrected chi connectivity index (χ1v) is 9.42. The molecule has 0 radical (unpaired) electrons. The Bertz CT molecular complexity index is 900. The smallest absolute Gasteiger partial charge is 0.422 e. The number of benzene rings is 1. The van der Waals surface area contributed by atoms with E-state index in [2.05, 4.69) is 19.8 Å². The van der Waals surface area contributed by atoms with E-state index < -0.39 is 28.7 Å². The molecule has 1 aromatic heterocycles. The number of hydrogen-bond acceptors (Lipinski definition) is 5. The molecule has 0 aliphatic heterocycles. The lowest BCUT2D eigenvalue weighted by molar-refractivity contribution is -0.154. The molecule has 0 unspecified atom stereocenters. The monoisotopic (exact) mass is 403 g/mol. The number of ether oxygens (including phenoxy) is 1. The minimum Gasteiger partial charge on any atom is -0.468 e. The van der Waals surface area contributed by atoms with Crippen LogP contribution in [-0.2, 0) is 16.6 Å². The molecule has 2 aromatic rings. The minimum absolute atomic E-state index is 0.0316. The van der Waals surface area contributed by atoms with Gasteiger partial charge < -0.3 is 10.1 Å². The Kier molecular flexibility index (Phi) is 6.26. The molecule has 11 heteroatoms. The third-order valence-corrected chi connectivity index (χ3v) is 3.73. The van der Waals surface area contributed by atoms with E-state index in [-0.39, 0.29) is 18.0 Å². The number of carbonyl (C=O) groups excluding carboxylic acids is 1. The molecular weight excluding hydrogens is 387 g/mol. The predicted molar refractivity (Wildman–Crippen MR) is 91.9 cm³/mol. The molecule has 0 saturated heterocycles. The second kappa shape index (κ2) is 8.25. The number of pyridine rings is 1. The van der Waals surface area contributed by atoms with Gasteiger partial charge in [-0.3, -0.25) is 9.52 Å². The minimum atomic E-state index is -4.48. The zero-order chi connectivity index (χ0) is 20.1. The van der Waals surface area contributed by atoms with E-state index in [0.717, 1.165) is 18.5 Å². The molecule has 1 amide bonds. The fraction of sp³-hybridized carbons (Fsp3) is 0.250. The van der Waals surface area contributed by atoms with Crippen LogP contribution in [0.25, 0.3) is 0 Å². The fourth-order valence-electron chi connectivity index (χ4n) is 2.01. The Labute approximate surface area is 153 Å². The van der Waals surface area contributed by atoms with E-state index in [0.29, 0.717) is 11.3 Å². The van der Waals surface area contributed by atoms with Crippen molar-refractivity contribution in [2.24, 2.45) is 0 Å². The van der Waals surface area contributed by atoms with Crippen LogP contribution in [0.5, 0.6) is 5.88 Å². The number of nitrogens with zero attached hydrogens (tertiary/aromatic N) is 1. The number of alkyl halides is 3. The van der Waals surface area contributed by atoms with Gasteiger partial charge in [0.15, 0.2) is 6.61 Å². The van der Waals surface area contributed by atoms with E-state index in [4.69, 9.17) is 0 Å². The number of anilines is 1. The molecule has 0 spiro atoms. The van der Waals surface area contributed by atoms with E-state index in [1.54, 1.807) is 24.3 Å². The summed E-state index contributed by atoms with van der Waals surface area (Å²) in [4.78, 5) is 15.8. The van der Waals surface area contributed by atoms with Crippen molar-refractivity contribution in [1.82, 2.24) is 10.3 Å². The van der Waals surface area contributed by atoms with Gasteiger partial charge in [-0.15, -0.1) is 0 Å². The maximum Gasteiger partial charge on any atom is 0.422 e. The lowest BCUT2D eigenvalue weighted by Crippen LogP contribution is -2.24. The van der Waals surface area contributed by atoms with Crippen LogP contribution in [0.1, 0.15) is 15.9 Å². The lowest BCUT2D eigenvalue weighted by Gasteiger charge is -2.12. The van der Waals surface area contributed by atoms with Crippen LogP contribution in [0.15, 0.2) is 42.6 Å². The van der Waals surface area contributed by atoms with Crippen LogP contribution < -0.4 is 14.8 Å². The summed E-state index contributed by atoms with van der Waals surface area (Å²) in [7, 11) is -3.48. The van der Waals surface area contributed by atoms with Crippen molar-refractivity contribution >= 4 is 21.6 Å². The first-order chi connectivity index (χ1) is 12.5. The van der Waals surface area contributed by atoms with Crippen LogP contribution in [0.3, 0.4) is 0 Å². The number of halogens is 3. The molecule has 7 nitrogen and oxygen atoms in total. The molecule has 0 aliphatic rings. The molecule has 0 bridgehead atoms. The van der Waals surface area contributed by atoms with Gasteiger partial charge in [0.2, 0.25) is 15.9 Å². The van der Waals surface area contributed by atoms with Gasteiger partial charge in [-0.25, -0.2) is 13.4 Å². The molecule has 1 aromatic carbocycles. The molecule has 146 valence electrons. The number of aromatic nitrogens is 1. The van der Waals surface area contributed by atoms with Gasteiger partial charge in [-0.2, -0.15) is 13.2 Å². The Hall–Kier alpha value is -2.82. The summed E-state index contributed by atoms with van der Waals surface area (Å²) in [6.45, 7) is -1.44. The van der Waals surface area contributed by atoms with Crippen LogP contribution in [-0.4, -0.2) is 38.3 Å². The zero-order valence-corrected chi connectivity index (χ0v) is 14.9. The molecule has 2 N–H and O–H groups in total. The van der Waals surface area contributed by atoms with E-state index in [1.807, 2.05) is 0 Å². The number of carbonyl (C=O) groups is 1. The highest BCUT2D eigenvalue weighted by atomic mass is 32.2. The van der Waals surface area contributed by atoms with Gasteiger partial charge in [0.25, 0.3) is 5.91 Å². The average Bonchev–Trinajstić information content (AvgIpc) is 2.57. The van der Waals surface area contributed by atoms with Crippen LogP contribution >= 0.6 is 0 Å². The lowest BCUT2D eigenvalue weighted by atomic mass is 10.2. The third kappa shape index (κ3) is 7.13. The number of nitrogens with one attached hydrogen (secondary N) is 2. The Morgan fingerprint density at radius 2 is 1.89 bits per heavy atom. The number of para-hydroxylation sites is 1. The summed E-state index contributed by atoms with van der Waals surface area (Å²) in [6.07, 6.45) is -2.39. The van der Waals surface area contributed by atoms with Crippen molar-refractivity contribution in [3.8, 4) is 5.88 Å². The standard InChI is InChI=1S/C16H16F3N3O4S/c1-27(24,25)22-13-5-3-2-4-11(13)8-21-15(23)12-6-7-14(20-9-12)26-10-16(17,18)19/h2-7,9,22H,8,10H2,1H3,(H,21,23). The molecular formula is C16H16F3N3O4S. The quantitative estimate of drug-likeness (QED) is 0.740. The first-order valence-electron chi connectivity index (χ1n) is 7.53. The predicted octanol–water partition coefficient (Wildman–Crippen LogP) is 2.32. The summed E-state index contributed by atoms with van der Waals surface area (Å²) >= 11 is 0. The summed E-state index contributed by atoms with van der Waals surface area (Å²) in [5.41, 5.74) is 0.978. The van der Waals surface area contributed by atoms with Crippen molar-refractivity contribution in [1.29, 1.82) is 0 Å². The highest BCUT2D eigenvalue weighted by Crippen LogP contribution is 2.18. The van der Waals surface area contributed by atoms with Gasteiger partial charge >= 0.3 is 6.18 Å². The highest BCUT2D eigenvalue weighted by molar-refractivity contribution is 7.92. The van der Waals surface area contributed by atoms with Crippen molar-refractivity contribution in [2.75, 3.05) is 17.6 Å². The zero-order valence-electron chi connectivity index (χ0n) is 14.1. The normalized spacial score (nSPS) is 11.7. The summed E-state index contributed by atoms with van der Waals surface area (Å²) in [5.74, 6) is -0.786. The fourth-order valence-corrected chi connectivity index (χ4v) is 2.61. The van der Waals surface area contributed by atoms with E-state index in [9.17, 15) is 26.4 Å². The number of sulfonamides is 1. The maximum atomic E-state index is 12.1. The molecule has 0 fully saturated rings. The molecule has 27 heavy (non-hydrogen) atoms. The van der Waals surface area contributed by atoms with Crippen LogP contribution in [0.2, 0.25) is 0 Å². The third-order valence-electron chi connectivity index (χ3n) is 3.13. The summed E-state index contributed by atoms with van der Waals surface area (Å²) in [5, 5.41) is 2.58. The Balaban J connectivity index is 1.98. The van der Waals surface area contributed by atoms with Crippen LogP contribution in [0, 0.1) is 0 Å². The molecule has 0 saturated carbocycles. The van der Waals surface area contributed by atoms with E-state index >= 15 is 0 Å². The second-order valence-electron chi connectivity index (χ2n) is 5.50. The Morgan fingerprint density at radius 1 is 1.19 bits per heavy atom. The molecule has 2 rings (SSSR count). The molecule has 0 atom stereocenters. The van der Waals surface area contributed by atoms with Gasteiger partial charge in [0.05, 0.1) is 17.5 Å². The summed E-state index contributed by atoms with van der Waals surface area (Å²) < 4.78 is 65.8. The van der Waals surface area contributed by atoms with Gasteiger partial charge in [0.1, 0.15) is 0 Å². The van der Waals surface area contributed by atoms with Crippen molar-refractivity contribution in [3.63, 3.8) is 0 Å². The van der Waals surface area contributed by atoms with Gasteiger partial charge in [-0.1, -0.05) is 18.2 Å². The van der Waals surface area contributed by atoms with Crippen molar-refractivity contribution in [2.45, 2.75) is 12.7 Å². The number of rotatable bonds is 7. The average molecular weight is 403 g/mol. The first kappa shape index (κ1) is 20.5. The second-order valence-corrected chi connectivity index (χ2v) is 7.25. The van der Waals surface area contributed by atoms with Crippen molar-refractivity contribution < 1.29 is 31.1 Å². The molecule has 1 heterocycles. The van der Waals surface area contributed by atoms with Gasteiger partial charge in [-0.05, 0) is 17.7 Å². The topological polar surface area (TPSA) is 97.4 Å². The number of hydrogen-bond donors (Lipinski definition) is 2. The van der Waals surface area contributed by atoms with Gasteiger partial charge in [0, 0.05) is 18.8 Å². The SMILES string of the molecule is CS(=O)(=O)Nc1ccccc1CNC(=O)c1ccc(OCC(F)(F)F)nc1. The largest absolute Gasteiger partial charge is 0.468 e. The maximum absolute atomic E-state index is 12.1. The van der Waals surface area contributed by atoms with Crippen LogP contribution in [0.4, 0.5) is 18.9 Å². The molecule has 0 aliphatic carbocycles. The number of amides is 1.